The van der Waals surface area contributed by atoms with Gasteiger partial charge in [-0.25, -0.2) is 0 Å². The van der Waals surface area contributed by atoms with E-state index in [-0.39, 0.29) is 12.0 Å². The summed E-state index contributed by atoms with van der Waals surface area (Å²) in [6.45, 7) is 7.33. The van der Waals surface area contributed by atoms with Gasteiger partial charge in [0.05, 0.1) is 19.3 Å². The van der Waals surface area contributed by atoms with E-state index in [9.17, 15) is 4.79 Å². The number of amides is 1. The number of carbonyl (C=O) groups is 1. The van der Waals surface area contributed by atoms with Crippen LogP contribution in [0.3, 0.4) is 0 Å². The lowest BCUT2D eigenvalue weighted by molar-refractivity contribution is -0.116. The average Bonchev–Trinajstić information content (AvgIpc) is 3.11. The molecule has 1 amide bonds. The Bertz CT molecular complexity index is 550. The maximum absolute atomic E-state index is 12.2. The van der Waals surface area contributed by atoms with E-state index in [0.29, 0.717) is 6.42 Å². The van der Waals surface area contributed by atoms with Gasteiger partial charge in [-0.1, -0.05) is 12.1 Å². The summed E-state index contributed by atoms with van der Waals surface area (Å²) in [6, 6.07) is 6.34. The zero-order valence-corrected chi connectivity index (χ0v) is 14.6. The van der Waals surface area contributed by atoms with Gasteiger partial charge >= 0.3 is 0 Å². The molecular weight excluding hydrogens is 304 g/mol. The fraction of sp³-hybridized carbons (Fsp3) is 0.632. The predicted molar refractivity (Wildman–Crippen MR) is 94.1 cm³/mol. The second-order valence-electron chi connectivity index (χ2n) is 6.76. The number of nitrogens with zero attached hydrogens (tertiary/aromatic N) is 1. The van der Waals surface area contributed by atoms with Crippen LogP contribution in [-0.2, 0) is 20.8 Å². The van der Waals surface area contributed by atoms with Gasteiger partial charge in [0.25, 0.3) is 0 Å². The molecule has 1 atom stereocenters. The van der Waals surface area contributed by atoms with Gasteiger partial charge in [0.15, 0.2) is 0 Å². The topological polar surface area (TPSA) is 50.8 Å². The number of morpholine rings is 1. The van der Waals surface area contributed by atoms with Crippen molar-refractivity contribution in [2.45, 2.75) is 45.3 Å². The quantitative estimate of drug-likeness (QED) is 0.870. The van der Waals surface area contributed by atoms with Crippen molar-refractivity contribution in [3.8, 4) is 0 Å². The zero-order valence-electron chi connectivity index (χ0n) is 14.6. The molecule has 0 saturated carbocycles. The van der Waals surface area contributed by atoms with Crippen LogP contribution >= 0.6 is 0 Å². The first-order valence-electron chi connectivity index (χ1n) is 9.02. The first-order chi connectivity index (χ1) is 11.7. The minimum atomic E-state index is 0.0807. The second-order valence-corrected chi connectivity index (χ2v) is 6.76. The van der Waals surface area contributed by atoms with Crippen LogP contribution in [0.4, 0.5) is 5.69 Å². The second kappa shape index (κ2) is 8.60. The lowest BCUT2D eigenvalue weighted by atomic mass is 10.1. The van der Waals surface area contributed by atoms with E-state index < -0.39 is 0 Å². The molecule has 5 heteroatoms. The van der Waals surface area contributed by atoms with Crippen molar-refractivity contribution < 1.29 is 14.3 Å². The smallest absolute Gasteiger partial charge is 0.224 e. The standard InChI is InChI=1S/C19H28N2O3/c1-15-4-5-16(14-21-8-11-23-12-9-21)13-18(15)20-19(22)7-6-17-3-2-10-24-17/h4-5,13,17H,2-3,6-12,14H2,1H3,(H,20,22)/t17-/m0/s1. The molecule has 24 heavy (non-hydrogen) atoms. The summed E-state index contributed by atoms with van der Waals surface area (Å²) < 4.78 is 11.0. The zero-order chi connectivity index (χ0) is 16.8. The molecule has 1 aromatic carbocycles. The fourth-order valence-corrected chi connectivity index (χ4v) is 3.30. The van der Waals surface area contributed by atoms with Crippen molar-refractivity contribution in [1.82, 2.24) is 4.90 Å². The van der Waals surface area contributed by atoms with Crippen molar-refractivity contribution in [3.05, 3.63) is 29.3 Å². The molecule has 1 N–H and O–H groups in total. The van der Waals surface area contributed by atoms with Crippen LogP contribution in [0.1, 0.15) is 36.8 Å². The normalized spacial score (nSPS) is 21.8. The molecule has 2 saturated heterocycles. The van der Waals surface area contributed by atoms with Crippen LogP contribution in [0, 0.1) is 6.92 Å². The first kappa shape index (κ1) is 17.4. The van der Waals surface area contributed by atoms with E-state index in [1.807, 2.05) is 6.92 Å². The highest BCUT2D eigenvalue weighted by molar-refractivity contribution is 5.91. The molecule has 0 bridgehead atoms. The molecule has 5 nitrogen and oxygen atoms in total. The third kappa shape index (κ3) is 5.03. The van der Waals surface area contributed by atoms with Crippen LogP contribution in [0.15, 0.2) is 18.2 Å². The molecule has 0 radical (unpaired) electrons. The number of rotatable bonds is 6. The summed E-state index contributed by atoms with van der Waals surface area (Å²) in [5.41, 5.74) is 3.27. The van der Waals surface area contributed by atoms with Crippen LogP contribution < -0.4 is 5.32 Å². The molecule has 2 aliphatic heterocycles. The number of hydrogen-bond acceptors (Lipinski definition) is 4. The van der Waals surface area contributed by atoms with Crippen molar-refractivity contribution in [2.24, 2.45) is 0 Å². The maximum Gasteiger partial charge on any atom is 0.224 e. The van der Waals surface area contributed by atoms with Gasteiger partial charge in [-0.3, -0.25) is 9.69 Å². The van der Waals surface area contributed by atoms with Gasteiger partial charge in [-0.2, -0.15) is 0 Å². The highest BCUT2D eigenvalue weighted by atomic mass is 16.5. The molecule has 0 aromatic heterocycles. The molecule has 0 aliphatic carbocycles. The maximum atomic E-state index is 12.2. The lowest BCUT2D eigenvalue weighted by Crippen LogP contribution is -2.35. The van der Waals surface area contributed by atoms with Gasteiger partial charge in [-0.15, -0.1) is 0 Å². The lowest BCUT2D eigenvalue weighted by Gasteiger charge is -2.26. The third-order valence-electron chi connectivity index (χ3n) is 4.80. The summed E-state index contributed by atoms with van der Waals surface area (Å²) in [5.74, 6) is 0.0807. The molecular formula is C19H28N2O3. The SMILES string of the molecule is Cc1ccc(CN2CCOCC2)cc1NC(=O)CC[C@@H]1CCCO1. The van der Waals surface area contributed by atoms with Gasteiger partial charge in [0.1, 0.15) is 0 Å². The monoisotopic (exact) mass is 332 g/mol. The van der Waals surface area contributed by atoms with Gasteiger partial charge in [-0.05, 0) is 43.4 Å². The first-order valence-corrected chi connectivity index (χ1v) is 9.02. The van der Waals surface area contributed by atoms with Crippen molar-refractivity contribution in [3.63, 3.8) is 0 Å². The van der Waals surface area contributed by atoms with E-state index in [1.54, 1.807) is 0 Å². The van der Waals surface area contributed by atoms with Gasteiger partial charge in [0.2, 0.25) is 5.91 Å². The van der Waals surface area contributed by atoms with E-state index in [1.165, 1.54) is 5.56 Å². The van der Waals surface area contributed by atoms with Crippen LogP contribution in [0.2, 0.25) is 0 Å². The van der Waals surface area contributed by atoms with Crippen LogP contribution in [0.25, 0.3) is 0 Å². The number of ether oxygens (including phenoxy) is 2. The van der Waals surface area contributed by atoms with E-state index in [4.69, 9.17) is 9.47 Å². The molecule has 0 unspecified atom stereocenters. The number of benzene rings is 1. The van der Waals surface area contributed by atoms with Gasteiger partial charge in [0, 0.05) is 38.3 Å². The summed E-state index contributed by atoms with van der Waals surface area (Å²) >= 11 is 0. The summed E-state index contributed by atoms with van der Waals surface area (Å²) in [7, 11) is 0. The molecule has 0 spiro atoms. The Morgan fingerprint density at radius 2 is 2.12 bits per heavy atom. The molecule has 3 rings (SSSR count). The Hall–Kier alpha value is -1.43. The minimum absolute atomic E-state index is 0.0807. The number of carbonyl (C=O) groups excluding carboxylic acids is 1. The molecule has 2 fully saturated rings. The largest absolute Gasteiger partial charge is 0.379 e. The van der Waals surface area contributed by atoms with Crippen molar-refractivity contribution >= 4 is 11.6 Å². The van der Waals surface area contributed by atoms with E-state index >= 15 is 0 Å². The molecule has 1 aromatic rings. The van der Waals surface area contributed by atoms with Crippen molar-refractivity contribution in [1.29, 1.82) is 0 Å². The highest BCUT2D eigenvalue weighted by Gasteiger charge is 2.17. The molecule has 2 heterocycles. The van der Waals surface area contributed by atoms with Crippen molar-refractivity contribution in [2.75, 3.05) is 38.2 Å². The predicted octanol–water partition coefficient (Wildman–Crippen LogP) is 2.72. The Balaban J connectivity index is 1.53. The fourth-order valence-electron chi connectivity index (χ4n) is 3.30. The van der Waals surface area contributed by atoms with E-state index in [0.717, 1.165) is 70.0 Å². The number of aryl methyl sites for hydroxylation is 1. The van der Waals surface area contributed by atoms with E-state index in [2.05, 4.69) is 28.4 Å². The third-order valence-corrected chi connectivity index (χ3v) is 4.80. The Labute approximate surface area is 144 Å². The average molecular weight is 332 g/mol. The van der Waals surface area contributed by atoms with Gasteiger partial charge < -0.3 is 14.8 Å². The minimum Gasteiger partial charge on any atom is -0.379 e. The number of nitrogens with one attached hydrogen (secondary N) is 1. The Morgan fingerprint density at radius 1 is 1.29 bits per heavy atom. The highest BCUT2D eigenvalue weighted by Crippen LogP contribution is 2.20. The number of hydrogen-bond donors (Lipinski definition) is 1. The summed E-state index contributed by atoms with van der Waals surface area (Å²) in [6.07, 6.45) is 3.82. The Kier molecular flexibility index (Phi) is 6.24. The number of anilines is 1. The molecule has 2 aliphatic rings. The van der Waals surface area contributed by atoms with Crippen LogP contribution in [0.5, 0.6) is 0 Å². The summed E-state index contributed by atoms with van der Waals surface area (Å²) in [5, 5.41) is 3.07. The summed E-state index contributed by atoms with van der Waals surface area (Å²) in [4.78, 5) is 14.6. The Morgan fingerprint density at radius 3 is 2.88 bits per heavy atom. The molecule has 132 valence electrons. The van der Waals surface area contributed by atoms with Crippen LogP contribution in [-0.4, -0.2) is 49.8 Å².